The minimum atomic E-state index is -4.47. The highest BCUT2D eigenvalue weighted by Gasteiger charge is 2.30. The number of benzene rings is 2. The lowest BCUT2D eigenvalue weighted by atomic mass is 9.98. The van der Waals surface area contributed by atoms with E-state index in [2.05, 4.69) is 10.6 Å². The Hall–Kier alpha value is -2.92. The fraction of sp³-hybridized carbons (Fsp3) is 0.417. The largest absolute Gasteiger partial charge is 0.416 e. The molecule has 0 bridgehead atoms. The van der Waals surface area contributed by atoms with E-state index in [1.54, 1.807) is 18.2 Å². The molecule has 1 aliphatic rings. The van der Waals surface area contributed by atoms with Crippen molar-refractivity contribution in [3.8, 4) is 0 Å². The lowest BCUT2D eigenvalue weighted by molar-refractivity contribution is -0.137. The van der Waals surface area contributed by atoms with Crippen LogP contribution in [0.1, 0.15) is 36.8 Å². The van der Waals surface area contributed by atoms with Crippen molar-refractivity contribution >= 4 is 21.8 Å². The predicted molar refractivity (Wildman–Crippen MR) is 123 cm³/mol. The van der Waals surface area contributed by atoms with Crippen LogP contribution in [-0.2, 0) is 32.3 Å². The zero-order valence-electron chi connectivity index (χ0n) is 19.1. The monoisotopic (exact) mass is 511 g/mol. The molecular weight excluding hydrogens is 483 g/mol. The summed E-state index contributed by atoms with van der Waals surface area (Å²) in [6, 6.07) is 12.7. The fourth-order valence-electron chi connectivity index (χ4n) is 3.91. The lowest BCUT2D eigenvalue weighted by Gasteiger charge is -2.22. The van der Waals surface area contributed by atoms with E-state index < -0.39 is 27.7 Å². The summed E-state index contributed by atoms with van der Waals surface area (Å²) in [5.41, 5.74) is -0.472. The molecule has 0 aliphatic carbocycles. The van der Waals surface area contributed by atoms with Crippen LogP contribution in [0.4, 0.5) is 13.2 Å². The Labute approximate surface area is 202 Å². The van der Waals surface area contributed by atoms with Crippen LogP contribution in [0.25, 0.3) is 0 Å². The molecule has 1 aliphatic heterocycles. The Kier molecular flexibility index (Phi) is 8.90. The molecule has 3 rings (SSSR count). The van der Waals surface area contributed by atoms with Crippen molar-refractivity contribution in [1.82, 2.24) is 14.9 Å². The van der Waals surface area contributed by atoms with Crippen molar-refractivity contribution in [3.05, 3.63) is 65.7 Å². The Morgan fingerprint density at radius 1 is 1.06 bits per heavy atom. The highest BCUT2D eigenvalue weighted by molar-refractivity contribution is 7.89. The zero-order chi connectivity index (χ0) is 25.5. The van der Waals surface area contributed by atoms with E-state index >= 15 is 0 Å². The third-order valence-corrected chi connectivity index (χ3v) is 7.75. The molecule has 2 amide bonds. The molecule has 11 heteroatoms. The van der Waals surface area contributed by atoms with Gasteiger partial charge in [0.25, 0.3) is 0 Å². The van der Waals surface area contributed by atoms with E-state index in [4.69, 9.17) is 0 Å². The summed E-state index contributed by atoms with van der Waals surface area (Å²) in [4.78, 5) is 25.1. The molecule has 35 heavy (non-hydrogen) atoms. The van der Waals surface area contributed by atoms with Crippen LogP contribution in [0.3, 0.4) is 0 Å². The average molecular weight is 512 g/mol. The second-order valence-electron chi connectivity index (χ2n) is 8.36. The van der Waals surface area contributed by atoms with Crippen molar-refractivity contribution in [2.75, 3.05) is 19.6 Å². The highest BCUT2D eigenvalue weighted by atomic mass is 32.2. The number of sulfonamides is 1. The smallest absolute Gasteiger partial charge is 0.356 e. The van der Waals surface area contributed by atoms with Crippen molar-refractivity contribution in [2.45, 2.75) is 43.3 Å². The molecule has 0 saturated carbocycles. The number of nitrogens with zero attached hydrogens (tertiary/aromatic N) is 1. The van der Waals surface area contributed by atoms with E-state index in [0.29, 0.717) is 24.8 Å². The Bertz CT molecular complexity index is 1120. The maximum atomic E-state index is 13.1. The van der Waals surface area contributed by atoms with Gasteiger partial charge in [0.2, 0.25) is 21.8 Å². The molecule has 1 heterocycles. The van der Waals surface area contributed by atoms with E-state index in [1.807, 2.05) is 0 Å². The van der Waals surface area contributed by atoms with Crippen molar-refractivity contribution < 1.29 is 31.2 Å². The van der Waals surface area contributed by atoms with Crippen LogP contribution in [0.5, 0.6) is 0 Å². The van der Waals surface area contributed by atoms with Gasteiger partial charge in [-0.15, -0.1) is 0 Å². The number of amides is 2. The zero-order valence-corrected chi connectivity index (χ0v) is 19.9. The van der Waals surface area contributed by atoms with Crippen LogP contribution < -0.4 is 10.6 Å². The summed E-state index contributed by atoms with van der Waals surface area (Å²) in [5.74, 6) is -1.20. The van der Waals surface area contributed by atoms with Gasteiger partial charge in [-0.05, 0) is 49.1 Å². The van der Waals surface area contributed by atoms with Crippen LogP contribution in [-0.4, -0.2) is 44.2 Å². The summed E-state index contributed by atoms with van der Waals surface area (Å²) >= 11 is 0. The van der Waals surface area contributed by atoms with Gasteiger partial charge < -0.3 is 10.6 Å². The molecule has 0 aromatic heterocycles. The molecule has 190 valence electrons. The average Bonchev–Trinajstić information content (AvgIpc) is 2.87. The molecule has 2 aromatic rings. The third kappa shape index (κ3) is 7.53. The Balaban J connectivity index is 1.66. The van der Waals surface area contributed by atoms with Crippen LogP contribution in [0, 0.1) is 5.92 Å². The summed E-state index contributed by atoms with van der Waals surface area (Å²) < 4.78 is 66.2. The van der Waals surface area contributed by atoms with Gasteiger partial charge >= 0.3 is 6.18 Å². The maximum absolute atomic E-state index is 13.1. The number of halogens is 3. The molecule has 0 radical (unpaired) electrons. The standard InChI is InChI=1S/C24H28F3N3O4S/c25-24(26,27)20-8-4-6-18(16-20)17-29-23(32)19-7-5-14-30(15-12-22(31)28-13-11-19)35(33,34)21-9-2-1-3-10-21/h1-4,6,8-10,16,19H,5,7,11-15,17H2,(H,28,31)(H,29,32). The normalized spacial score (nSPS) is 18.8. The van der Waals surface area contributed by atoms with Gasteiger partial charge in [-0.25, -0.2) is 8.42 Å². The molecule has 2 N–H and O–H groups in total. The number of hydrogen-bond donors (Lipinski definition) is 2. The summed E-state index contributed by atoms with van der Waals surface area (Å²) in [6.07, 6.45) is -3.38. The van der Waals surface area contributed by atoms with Crippen molar-refractivity contribution in [1.29, 1.82) is 0 Å². The first-order chi connectivity index (χ1) is 16.6. The number of hydrogen-bond acceptors (Lipinski definition) is 4. The number of nitrogens with one attached hydrogen (secondary N) is 2. The van der Waals surface area contributed by atoms with Gasteiger partial charge in [0, 0.05) is 38.5 Å². The first-order valence-electron chi connectivity index (χ1n) is 11.3. The van der Waals surface area contributed by atoms with Gasteiger partial charge in [-0.3, -0.25) is 9.59 Å². The Morgan fingerprint density at radius 3 is 2.51 bits per heavy atom. The Morgan fingerprint density at radius 2 is 1.80 bits per heavy atom. The second-order valence-corrected chi connectivity index (χ2v) is 10.3. The van der Waals surface area contributed by atoms with E-state index in [1.165, 1.54) is 28.6 Å². The SMILES string of the molecule is O=C1CCN(S(=O)(=O)c2ccccc2)CCCC(C(=O)NCc2cccc(C(F)(F)F)c2)CCN1. The molecule has 1 atom stereocenters. The molecular formula is C24H28F3N3O4S. The molecule has 2 aromatic carbocycles. The van der Waals surface area contributed by atoms with Crippen molar-refractivity contribution in [3.63, 3.8) is 0 Å². The lowest BCUT2D eigenvalue weighted by Crippen LogP contribution is -2.35. The third-order valence-electron chi connectivity index (χ3n) is 5.84. The topological polar surface area (TPSA) is 95.6 Å². The van der Waals surface area contributed by atoms with E-state index in [9.17, 15) is 31.2 Å². The number of alkyl halides is 3. The van der Waals surface area contributed by atoms with Gasteiger partial charge in [-0.1, -0.05) is 30.3 Å². The second kappa shape index (κ2) is 11.7. The van der Waals surface area contributed by atoms with Crippen molar-refractivity contribution in [2.24, 2.45) is 5.92 Å². The summed E-state index contributed by atoms with van der Waals surface area (Å²) in [5, 5.41) is 5.38. The van der Waals surface area contributed by atoms with Gasteiger partial charge in [0.15, 0.2) is 0 Å². The minimum absolute atomic E-state index is 0.00152. The highest BCUT2D eigenvalue weighted by Crippen LogP contribution is 2.29. The van der Waals surface area contributed by atoms with Crippen LogP contribution >= 0.6 is 0 Å². The number of carbonyl (C=O) groups is 2. The molecule has 7 nitrogen and oxygen atoms in total. The molecule has 1 fully saturated rings. The van der Waals surface area contributed by atoms with Gasteiger partial charge in [-0.2, -0.15) is 17.5 Å². The fourth-order valence-corrected chi connectivity index (χ4v) is 5.41. The first-order valence-corrected chi connectivity index (χ1v) is 12.8. The molecule has 0 spiro atoms. The van der Waals surface area contributed by atoms with E-state index in [0.717, 1.165) is 12.1 Å². The van der Waals surface area contributed by atoms with E-state index in [-0.39, 0.29) is 49.3 Å². The number of carbonyl (C=O) groups excluding carboxylic acids is 2. The van der Waals surface area contributed by atoms with Gasteiger partial charge in [0.05, 0.1) is 10.5 Å². The van der Waals surface area contributed by atoms with Crippen LogP contribution in [0.2, 0.25) is 0 Å². The first kappa shape index (κ1) is 26.7. The summed E-state index contributed by atoms with van der Waals surface area (Å²) in [7, 11) is -3.80. The maximum Gasteiger partial charge on any atom is 0.416 e. The predicted octanol–water partition coefficient (Wildman–Crippen LogP) is 3.32. The molecule has 1 unspecified atom stereocenters. The minimum Gasteiger partial charge on any atom is -0.356 e. The van der Waals surface area contributed by atoms with Gasteiger partial charge in [0.1, 0.15) is 0 Å². The number of rotatable bonds is 5. The van der Waals surface area contributed by atoms with Crippen LogP contribution in [0.15, 0.2) is 59.5 Å². The molecule has 1 saturated heterocycles. The summed E-state index contributed by atoms with van der Waals surface area (Å²) in [6.45, 7) is 0.337. The quantitative estimate of drug-likeness (QED) is 0.644.